The molecule has 0 saturated heterocycles. The summed E-state index contributed by atoms with van der Waals surface area (Å²) in [6.07, 6.45) is 1.57. The Kier molecular flexibility index (Phi) is 3.93. The average Bonchev–Trinajstić information content (AvgIpc) is 3.00. The summed E-state index contributed by atoms with van der Waals surface area (Å²) in [4.78, 5) is 9.73. The molecule has 4 aromatic rings. The molecular weight excluding hydrogens is 333 g/mol. The van der Waals surface area contributed by atoms with Crippen LogP contribution in [-0.2, 0) is 0 Å². The maximum atomic E-state index is 13.3. The van der Waals surface area contributed by atoms with Gasteiger partial charge in [0, 0.05) is 16.6 Å². The quantitative estimate of drug-likeness (QED) is 0.503. The van der Waals surface area contributed by atoms with Crippen molar-refractivity contribution in [3.05, 3.63) is 71.1 Å². The molecule has 0 unspecified atom stereocenters. The molecule has 0 radical (unpaired) electrons. The van der Waals surface area contributed by atoms with Gasteiger partial charge in [-0.05, 0) is 54.8 Å². The maximum absolute atomic E-state index is 13.3. The Morgan fingerprint density at radius 2 is 1.68 bits per heavy atom. The van der Waals surface area contributed by atoms with Crippen molar-refractivity contribution in [2.75, 3.05) is 5.32 Å². The summed E-state index contributed by atoms with van der Waals surface area (Å²) in [5.41, 5.74) is 5.33. The molecule has 0 fully saturated rings. The lowest BCUT2D eigenvalue weighted by atomic mass is 10.1. The van der Waals surface area contributed by atoms with Crippen LogP contribution in [0.15, 0.2) is 54.2 Å². The Morgan fingerprint density at radius 1 is 0.960 bits per heavy atom. The van der Waals surface area contributed by atoms with Gasteiger partial charge in [0.2, 0.25) is 0 Å². The van der Waals surface area contributed by atoms with E-state index in [1.54, 1.807) is 29.8 Å². The number of nitrogens with zero attached hydrogens (tertiary/aromatic N) is 2. The number of rotatable bonds is 3. The second kappa shape index (κ2) is 6.26. The molecule has 124 valence electrons. The summed E-state index contributed by atoms with van der Waals surface area (Å²) >= 11 is 1.56. The summed E-state index contributed by atoms with van der Waals surface area (Å²) in [6, 6.07) is 12.8. The molecule has 0 atom stereocenters. The van der Waals surface area contributed by atoms with Gasteiger partial charge in [0.1, 0.15) is 22.8 Å². The highest BCUT2D eigenvalue weighted by Crippen LogP contribution is 2.37. The van der Waals surface area contributed by atoms with Crippen molar-refractivity contribution in [3.8, 4) is 11.1 Å². The Balaban J connectivity index is 1.84. The first-order valence-corrected chi connectivity index (χ1v) is 8.81. The minimum atomic E-state index is -0.242. The number of fused-ring (bicyclic) bond motifs is 1. The van der Waals surface area contributed by atoms with Gasteiger partial charge in [0.15, 0.2) is 0 Å². The topological polar surface area (TPSA) is 37.8 Å². The highest BCUT2D eigenvalue weighted by atomic mass is 32.1. The predicted molar refractivity (Wildman–Crippen MR) is 102 cm³/mol. The van der Waals surface area contributed by atoms with Gasteiger partial charge in [-0.3, -0.25) is 0 Å². The highest BCUT2D eigenvalue weighted by Gasteiger charge is 2.13. The number of benzene rings is 2. The molecule has 0 aliphatic heterocycles. The van der Waals surface area contributed by atoms with Gasteiger partial charge in [-0.2, -0.15) is 0 Å². The lowest BCUT2D eigenvalue weighted by molar-refractivity contribution is 0.628. The van der Waals surface area contributed by atoms with E-state index in [4.69, 9.17) is 0 Å². The standard InChI is InChI=1S/C20H16FN3S/c1-12-7-13(2)9-16(8-12)24-19-18-17(10-25-20(18)23-11-22-19)14-3-5-15(21)6-4-14/h3-11H,1-2H3,(H,22,23,24). The summed E-state index contributed by atoms with van der Waals surface area (Å²) < 4.78 is 13.3. The number of aromatic nitrogens is 2. The zero-order valence-corrected chi connectivity index (χ0v) is 14.7. The molecule has 25 heavy (non-hydrogen) atoms. The largest absolute Gasteiger partial charge is 0.340 e. The molecule has 0 aliphatic carbocycles. The second-order valence-electron chi connectivity index (χ2n) is 6.06. The van der Waals surface area contributed by atoms with Crippen LogP contribution in [0.2, 0.25) is 0 Å². The van der Waals surface area contributed by atoms with Crippen molar-refractivity contribution in [1.82, 2.24) is 9.97 Å². The Morgan fingerprint density at radius 3 is 2.40 bits per heavy atom. The molecule has 2 aromatic carbocycles. The lowest BCUT2D eigenvalue weighted by Crippen LogP contribution is -1.96. The first-order chi connectivity index (χ1) is 12.1. The second-order valence-corrected chi connectivity index (χ2v) is 6.92. The number of aryl methyl sites for hydroxylation is 2. The van der Waals surface area contributed by atoms with Crippen molar-refractivity contribution in [3.63, 3.8) is 0 Å². The van der Waals surface area contributed by atoms with Gasteiger partial charge >= 0.3 is 0 Å². The number of nitrogens with one attached hydrogen (secondary N) is 1. The van der Waals surface area contributed by atoms with E-state index < -0.39 is 0 Å². The molecule has 4 rings (SSSR count). The fraction of sp³-hybridized carbons (Fsp3) is 0.100. The third kappa shape index (κ3) is 3.10. The minimum absolute atomic E-state index is 0.242. The monoisotopic (exact) mass is 349 g/mol. The zero-order chi connectivity index (χ0) is 17.4. The number of anilines is 2. The van der Waals surface area contributed by atoms with Crippen LogP contribution in [0, 0.1) is 19.7 Å². The van der Waals surface area contributed by atoms with Crippen molar-refractivity contribution in [2.45, 2.75) is 13.8 Å². The summed E-state index contributed by atoms with van der Waals surface area (Å²) in [7, 11) is 0. The average molecular weight is 349 g/mol. The summed E-state index contributed by atoms with van der Waals surface area (Å²) in [6.45, 7) is 4.14. The third-order valence-corrected chi connectivity index (χ3v) is 4.90. The maximum Gasteiger partial charge on any atom is 0.143 e. The minimum Gasteiger partial charge on any atom is -0.340 e. The first kappa shape index (κ1) is 15.7. The predicted octanol–water partition coefficient (Wildman–Crippen LogP) is 5.86. The Hall–Kier alpha value is -2.79. The van der Waals surface area contributed by atoms with Crippen molar-refractivity contribution in [1.29, 1.82) is 0 Å². The molecule has 2 aromatic heterocycles. The number of hydrogen-bond acceptors (Lipinski definition) is 4. The Labute approximate surface area is 149 Å². The van der Waals surface area contributed by atoms with E-state index >= 15 is 0 Å². The van der Waals surface area contributed by atoms with Crippen molar-refractivity contribution in [2.24, 2.45) is 0 Å². The van der Waals surface area contributed by atoms with E-state index in [9.17, 15) is 4.39 Å². The van der Waals surface area contributed by atoms with Crippen LogP contribution in [0.1, 0.15) is 11.1 Å². The van der Waals surface area contributed by atoms with Gasteiger partial charge in [0.25, 0.3) is 0 Å². The Bertz CT molecular complexity index is 1030. The van der Waals surface area contributed by atoms with Crippen LogP contribution < -0.4 is 5.32 Å². The molecule has 0 amide bonds. The molecular formula is C20H16FN3S. The zero-order valence-electron chi connectivity index (χ0n) is 13.9. The fourth-order valence-electron chi connectivity index (χ4n) is 3.00. The SMILES string of the molecule is Cc1cc(C)cc(Nc2ncnc3scc(-c4ccc(F)cc4)c23)c1. The molecule has 5 heteroatoms. The molecule has 0 bridgehead atoms. The number of thiophene rings is 1. The molecule has 1 N–H and O–H groups in total. The molecule has 2 heterocycles. The molecule has 3 nitrogen and oxygen atoms in total. The normalized spacial score (nSPS) is 11.0. The number of halogens is 1. The van der Waals surface area contributed by atoms with Crippen molar-refractivity contribution < 1.29 is 4.39 Å². The van der Waals surface area contributed by atoms with Gasteiger partial charge in [-0.15, -0.1) is 11.3 Å². The van der Waals surface area contributed by atoms with Crippen LogP contribution in [0.25, 0.3) is 21.3 Å². The lowest BCUT2D eigenvalue weighted by Gasteiger charge is -2.10. The van der Waals surface area contributed by atoms with Crippen molar-refractivity contribution >= 4 is 33.1 Å². The van der Waals surface area contributed by atoms with E-state index in [-0.39, 0.29) is 5.82 Å². The summed E-state index contributed by atoms with van der Waals surface area (Å²) in [5.74, 6) is 0.517. The first-order valence-electron chi connectivity index (χ1n) is 7.93. The smallest absolute Gasteiger partial charge is 0.143 e. The molecule has 0 spiro atoms. The van der Waals surface area contributed by atoms with Gasteiger partial charge in [-0.25, -0.2) is 14.4 Å². The van der Waals surface area contributed by atoms with E-state index in [0.717, 1.165) is 32.8 Å². The molecule has 0 aliphatic rings. The van der Waals surface area contributed by atoms with E-state index in [2.05, 4.69) is 47.3 Å². The van der Waals surface area contributed by atoms with E-state index in [0.29, 0.717) is 0 Å². The molecule has 0 saturated carbocycles. The van der Waals surface area contributed by atoms with Gasteiger partial charge < -0.3 is 5.32 Å². The summed E-state index contributed by atoms with van der Waals surface area (Å²) in [5, 5.41) is 6.42. The fourth-order valence-corrected chi connectivity index (χ4v) is 3.91. The van der Waals surface area contributed by atoms with Crippen LogP contribution in [-0.4, -0.2) is 9.97 Å². The van der Waals surface area contributed by atoms with Gasteiger partial charge in [0.05, 0.1) is 5.39 Å². The number of hydrogen-bond donors (Lipinski definition) is 1. The van der Waals surface area contributed by atoms with Crippen LogP contribution >= 0.6 is 11.3 Å². The van der Waals surface area contributed by atoms with Crippen LogP contribution in [0.3, 0.4) is 0 Å². The third-order valence-electron chi connectivity index (χ3n) is 4.01. The van der Waals surface area contributed by atoms with E-state index in [1.807, 2.05) is 5.38 Å². The van der Waals surface area contributed by atoms with Crippen LogP contribution in [0.4, 0.5) is 15.9 Å². The highest BCUT2D eigenvalue weighted by molar-refractivity contribution is 7.17. The van der Waals surface area contributed by atoms with E-state index in [1.165, 1.54) is 23.3 Å². The van der Waals surface area contributed by atoms with Crippen LogP contribution in [0.5, 0.6) is 0 Å². The van der Waals surface area contributed by atoms with Gasteiger partial charge in [-0.1, -0.05) is 18.2 Å².